The fraction of sp³-hybridized carbons (Fsp3) is 0.800. The summed E-state index contributed by atoms with van der Waals surface area (Å²) in [5.41, 5.74) is -0.121. The zero-order valence-corrected chi connectivity index (χ0v) is 22.6. The Hall–Kier alpha value is -2.29. The average Bonchev–Trinajstić information content (AvgIpc) is 2.66. The average molecular weight is 485 g/mol. The van der Waals surface area contributed by atoms with Gasteiger partial charge in [0.15, 0.2) is 0 Å². The Morgan fingerprint density at radius 3 is 1.88 bits per heavy atom. The maximum absolute atomic E-state index is 12.7. The van der Waals surface area contributed by atoms with E-state index in [4.69, 9.17) is 9.47 Å². The summed E-state index contributed by atoms with van der Waals surface area (Å²) in [6.45, 7) is 20.5. The molecule has 0 fully saturated rings. The van der Waals surface area contributed by atoms with Crippen molar-refractivity contribution >= 4 is 18.1 Å². The summed E-state index contributed by atoms with van der Waals surface area (Å²) in [4.78, 5) is 36.7. The highest BCUT2D eigenvalue weighted by atomic mass is 16.6. The molecule has 0 saturated heterocycles. The first-order valence-corrected chi connectivity index (χ1v) is 12.3. The number of hydrogen-bond donors (Lipinski definition) is 4. The quantitative estimate of drug-likeness (QED) is 0.218. The number of rotatable bonds is 14. The van der Waals surface area contributed by atoms with Gasteiger partial charge in [0.1, 0.15) is 17.2 Å². The van der Waals surface area contributed by atoms with E-state index in [0.717, 1.165) is 25.0 Å². The smallest absolute Gasteiger partial charge is 0.408 e. The van der Waals surface area contributed by atoms with Crippen molar-refractivity contribution in [3.63, 3.8) is 0 Å². The van der Waals surface area contributed by atoms with Crippen molar-refractivity contribution < 1.29 is 23.9 Å². The maximum Gasteiger partial charge on any atom is 0.408 e. The molecular formula is C25H48N4O5. The number of alkyl carbamates (subject to hydrolysis) is 2. The molecule has 2 unspecified atom stereocenters. The Labute approximate surface area is 206 Å². The van der Waals surface area contributed by atoms with Crippen molar-refractivity contribution in [1.82, 2.24) is 21.3 Å². The molecule has 0 aliphatic rings. The van der Waals surface area contributed by atoms with Crippen molar-refractivity contribution in [1.29, 1.82) is 0 Å². The molecule has 0 aromatic rings. The first kappa shape index (κ1) is 31.7. The molecule has 0 spiro atoms. The van der Waals surface area contributed by atoms with E-state index in [9.17, 15) is 14.4 Å². The predicted molar refractivity (Wildman–Crippen MR) is 136 cm³/mol. The number of amides is 3. The van der Waals surface area contributed by atoms with E-state index in [-0.39, 0.29) is 11.9 Å². The lowest BCUT2D eigenvalue weighted by Crippen LogP contribution is -2.48. The second-order valence-electron chi connectivity index (χ2n) is 10.5. The van der Waals surface area contributed by atoms with E-state index in [0.29, 0.717) is 32.4 Å². The van der Waals surface area contributed by atoms with Gasteiger partial charge in [-0.2, -0.15) is 0 Å². The molecule has 0 saturated carbocycles. The standard InChI is InChI=1S/C25H48N4O5/c1-10-19(18(2)3)26-16-13-17-27-21(30)20(29-23(32)34-25(7,8)9)14-11-12-15-28-22(31)33-24(4,5)6/h19-20,26H,2,10-17H2,1,3-9H3,(H,27,30)(H,28,31)(H,29,32). The molecule has 198 valence electrons. The summed E-state index contributed by atoms with van der Waals surface area (Å²) in [6, 6.07) is -0.449. The molecule has 0 rings (SSSR count). The second-order valence-corrected chi connectivity index (χ2v) is 10.5. The number of carbonyl (C=O) groups is 3. The molecule has 9 nitrogen and oxygen atoms in total. The topological polar surface area (TPSA) is 118 Å². The number of carbonyl (C=O) groups excluding carboxylic acids is 3. The number of nitrogens with one attached hydrogen (secondary N) is 4. The highest BCUT2D eigenvalue weighted by Gasteiger charge is 2.24. The maximum atomic E-state index is 12.7. The van der Waals surface area contributed by atoms with Crippen LogP contribution < -0.4 is 21.3 Å². The SMILES string of the molecule is C=C(C)C(CC)NCCCNC(=O)C(CCCCNC(=O)OC(C)(C)C)NC(=O)OC(C)(C)C. The monoisotopic (exact) mass is 484 g/mol. The van der Waals surface area contributed by atoms with Crippen LogP contribution in [0.2, 0.25) is 0 Å². The van der Waals surface area contributed by atoms with E-state index in [1.54, 1.807) is 41.5 Å². The van der Waals surface area contributed by atoms with Gasteiger partial charge in [0, 0.05) is 19.1 Å². The number of hydrogen-bond acceptors (Lipinski definition) is 6. The van der Waals surface area contributed by atoms with Gasteiger partial charge in [-0.15, -0.1) is 0 Å². The summed E-state index contributed by atoms with van der Waals surface area (Å²) in [6.07, 6.45) is 2.31. The minimum absolute atomic E-state index is 0.252. The van der Waals surface area contributed by atoms with Crippen LogP contribution in [0.1, 0.15) is 87.5 Å². The Bertz CT molecular complexity index is 653. The van der Waals surface area contributed by atoms with Crippen LogP contribution in [0.25, 0.3) is 0 Å². The van der Waals surface area contributed by atoms with Crippen LogP contribution in [0.15, 0.2) is 12.2 Å². The number of ether oxygens (including phenoxy) is 2. The van der Waals surface area contributed by atoms with Crippen molar-refractivity contribution in [2.45, 2.75) is 111 Å². The normalized spacial score (nSPS) is 13.4. The van der Waals surface area contributed by atoms with Gasteiger partial charge in [0.2, 0.25) is 5.91 Å². The summed E-state index contributed by atoms with van der Waals surface area (Å²) < 4.78 is 10.5. The molecule has 0 heterocycles. The van der Waals surface area contributed by atoms with Crippen LogP contribution in [-0.2, 0) is 14.3 Å². The molecule has 0 aliphatic heterocycles. The van der Waals surface area contributed by atoms with Crippen molar-refractivity contribution in [3.05, 3.63) is 12.2 Å². The third-order valence-electron chi connectivity index (χ3n) is 4.64. The van der Waals surface area contributed by atoms with Gasteiger partial charge in [-0.25, -0.2) is 9.59 Å². The van der Waals surface area contributed by atoms with Gasteiger partial charge in [-0.05, 0) is 87.1 Å². The van der Waals surface area contributed by atoms with Crippen molar-refractivity contribution in [2.75, 3.05) is 19.6 Å². The first-order chi connectivity index (χ1) is 15.6. The molecule has 0 aromatic heterocycles. The molecular weight excluding hydrogens is 436 g/mol. The number of unbranched alkanes of at least 4 members (excludes halogenated alkanes) is 1. The van der Waals surface area contributed by atoms with Crippen LogP contribution >= 0.6 is 0 Å². The van der Waals surface area contributed by atoms with Crippen LogP contribution in [0.5, 0.6) is 0 Å². The Morgan fingerprint density at radius 2 is 1.35 bits per heavy atom. The summed E-state index contributed by atoms with van der Waals surface area (Å²) in [7, 11) is 0. The lowest BCUT2D eigenvalue weighted by atomic mass is 10.1. The molecule has 0 aliphatic carbocycles. The Kier molecular flexibility index (Phi) is 14.5. The lowest BCUT2D eigenvalue weighted by Gasteiger charge is -2.23. The van der Waals surface area contributed by atoms with Gasteiger partial charge in [-0.1, -0.05) is 19.1 Å². The summed E-state index contributed by atoms with van der Waals surface area (Å²) in [5, 5.41) is 11.7. The van der Waals surface area contributed by atoms with E-state index < -0.39 is 29.4 Å². The molecule has 0 radical (unpaired) electrons. The van der Waals surface area contributed by atoms with E-state index in [1.807, 2.05) is 6.92 Å². The molecule has 4 N–H and O–H groups in total. The predicted octanol–water partition coefficient (Wildman–Crippen LogP) is 4.03. The third-order valence-corrected chi connectivity index (χ3v) is 4.64. The van der Waals surface area contributed by atoms with Crippen LogP contribution in [-0.4, -0.2) is 61.0 Å². The molecule has 0 bridgehead atoms. The summed E-state index contributed by atoms with van der Waals surface area (Å²) >= 11 is 0. The first-order valence-electron chi connectivity index (χ1n) is 12.3. The second kappa shape index (κ2) is 15.6. The van der Waals surface area contributed by atoms with Gasteiger partial charge < -0.3 is 30.7 Å². The van der Waals surface area contributed by atoms with Gasteiger partial charge in [-0.3, -0.25) is 4.79 Å². The Morgan fingerprint density at radius 1 is 0.794 bits per heavy atom. The van der Waals surface area contributed by atoms with Crippen LogP contribution in [0.4, 0.5) is 9.59 Å². The fourth-order valence-corrected chi connectivity index (χ4v) is 3.06. The van der Waals surface area contributed by atoms with Crippen LogP contribution in [0.3, 0.4) is 0 Å². The van der Waals surface area contributed by atoms with E-state index >= 15 is 0 Å². The van der Waals surface area contributed by atoms with Crippen molar-refractivity contribution in [3.8, 4) is 0 Å². The molecule has 0 aromatic carbocycles. The van der Waals surface area contributed by atoms with E-state index in [1.165, 1.54) is 0 Å². The highest BCUT2D eigenvalue weighted by molar-refractivity contribution is 5.85. The highest BCUT2D eigenvalue weighted by Crippen LogP contribution is 2.09. The molecule has 9 heteroatoms. The lowest BCUT2D eigenvalue weighted by molar-refractivity contribution is -0.123. The van der Waals surface area contributed by atoms with E-state index in [2.05, 4.69) is 34.8 Å². The molecule has 2 atom stereocenters. The van der Waals surface area contributed by atoms with Crippen LogP contribution in [0, 0.1) is 0 Å². The summed E-state index contributed by atoms with van der Waals surface area (Å²) in [5.74, 6) is -0.252. The minimum Gasteiger partial charge on any atom is -0.444 e. The van der Waals surface area contributed by atoms with Crippen molar-refractivity contribution in [2.24, 2.45) is 0 Å². The zero-order chi connectivity index (χ0) is 26.4. The Balaban J connectivity index is 4.60. The van der Waals surface area contributed by atoms with Gasteiger partial charge in [0.25, 0.3) is 0 Å². The largest absolute Gasteiger partial charge is 0.444 e. The molecule has 3 amide bonds. The van der Waals surface area contributed by atoms with Gasteiger partial charge >= 0.3 is 12.2 Å². The zero-order valence-electron chi connectivity index (χ0n) is 22.6. The molecule has 34 heavy (non-hydrogen) atoms. The minimum atomic E-state index is -0.719. The third kappa shape index (κ3) is 17.2. The fourth-order valence-electron chi connectivity index (χ4n) is 3.06. The van der Waals surface area contributed by atoms with Gasteiger partial charge in [0.05, 0.1) is 0 Å².